The number of imidazole rings is 1. The van der Waals surface area contributed by atoms with Crippen LogP contribution in [0, 0.1) is 5.95 Å². The number of pyridine rings is 1. The van der Waals surface area contributed by atoms with Gasteiger partial charge in [0.05, 0.1) is 22.4 Å². The predicted molar refractivity (Wildman–Crippen MR) is 68.9 cm³/mol. The molecule has 0 fully saturated rings. The van der Waals surface area contributed by atoms with Gasteiger partial charge < -0.3 is 4.57 Å². The highest BCUT2D eigenvalue weighted by molar-refractivity contribution is 6.33. The molecule has 90 valence electrons. The molecule has 2 heterocycles. The van der Waals surface area contributed by atoms with Gasteiger partial charge in [-0.1, -0.05) is 17.7 Å². The third kappa shape index (κ3) is 1.75. The molecule has 2 aromatic heterocycles. The van der Waals surface area contributed by atoms with Crippen molar-refractivity contribution in [3.05, 3.63) is 47.8 Å². The third-order valence-corrected chi connectivity index (χ3v) is 3.16. The van der Waals surface area contributed by atoms with Crippen molar-refractivity contribution >= 4 is 22.6 Å². The lowest BCUT2D eigenvalue weighted by Crippen LogP contribution is -1.88. The fourth-order valence-corrected chi connectivity index (χ4v) is 2.14. The van der Waals surface area contributed by atoms with Crippen LogP contribution in [0.1, 0.15) is 0 Å². The second-order valence-corrected chi connectivity index (χ2v) is 4.45. The maximum absolute atomic E-state index is 13.2. The largest absolute Gasteiger partial charge is 0.334 e. The van der Waals surface area contributed by atoms with Crippen molar-refractivity contribution in [1.29, 1.82) is 0 Å². The zero-order chi connectivity index (χ0) is 12.7. The van der Waals surface area contributed by atoms with Gasteiger partial charge in [0.15, 0.2) is 0 Å². The molecule has 0 aliphatic rings. The summed E-state index contributed by atoms with van der Waals surface area (Å²) in [5, 5.41) is 0.429. The van der Waals surface area contributed by atoms with Crippen molar-refractivity contribution in [3.8, 4) is 11.1 Å². The standard InChI is InChI=1S/C13H9ClFN3/c1-18-7-17-11-3-2-8(4-12(11)18)9-5-13(15)16-6-10(9)14/h2-7H,1H3. The van der Waals surface area contributed by atoms with E-state index in [1.165, 1.54) is 12.3 Å². The fraction of sp³-hybridized carbons (Fsp3) is 0.0769. The van der Waals surface area contributed by atoms with Gasteiger partial charge >= 0.3 is 0 Å². The Hall–Kier alpha value is -1.94. The number of fused-ring (bicyclic) bond motifs is 1. The molecule has 0 radical (unpaired) electrons. The van der Waals surface area contributed by atoms with Crippen LogP contribution in [0.15, 0.2) is 36.8 Å². The molecule has 0 unspecified atom stereocenters. The van der Waals surface area contributed by atoms with Crippen LogP contribution in [0.25, 0.3) is 22.2 Å². The molecule has 0 amide bonds. The van der Waals surface area contributed by atoms with Crippen LogP contribution in [0.2, 0.25) is 5.02 Å². The maximum Gasteiger partial charge on any atom is 0.213 e. The van der Waals surface area contributed by atoms with E-state index in [0.29, 0.717) is 10.6 Å². The van der Waals surface area contributed by atoms with E-state index >= 15 is 0 Å². The van der Waals surface area contributed by atoms with Crippen molar-refractivity contribution in [3.63, 3.8) is 0 Å². The fourth-order valence-electron chi connectivity index (χ4n) is 1.93. The van der Waals surface area contributed by atoms with Gasteiger partial charge in [-0.25, -0.2) is 9.97 Å². The quantitative estimate of drug-likeness (QED) is 0.629. The molecule has 0 N–H and O–H groups in total. The monoisotopic (exact) mass is 261 g/mol. The van der Waals surface area contributed by atoms with Crippen molar-refractivity contribution < 1.29 is 4.39 Å². The van der Waals surface area contributed by atoms with E-state index in [2.05, 4.69) is 9.97 Å². The number of halogens is 2. The molecule has 0 spiro atoms. The molecule has 0 saturated carbocycles. The summed E-state index contributed by atoms with van der Waals surface area (Å²) in [6.07, 6.45) is 3.06. The zero-order valence-electron chi connectivity index (χ0n) is 9.56. The first kappa shape index (κ1) is 11.2. The van der Waals surface area contributed by atoms with Crippen LogP contribution in [0.3, 0.4) is 0 Å². The van der Waals surface area contributed by atoms with E-state index in [0.717, 1.165) is 16.6 Å². The third-order valence-electron chi connectivity index (χ3n) is 2.86. The molecule has 0 atom stereocenters. The lowest BCUT2D eigenvalue weighted by molar-refractivity contribution is 0.584. The van der Waals surface area contributed by atoms with Gasteiger partial charge in [-0.15, -0.1) is 0 Å². The Kier molecular flexibility index (Phi) is 2.52. The highest BCUT2D eigenvalue weighted by Gasteiger charge is 2.08. The van der Waals surface area contributed by atoms with Gasteiger partial charge in [-0.3, -0.25) is 0 Å². The Bertz CT molecular complexity index is 736. The summed E-state index contributed by atoms with van der Waals surface area (Å²) in [4.78, 5) is 7.76. The first-order chi connectivity index (χ1) is 8.65. The molecule has 18 heavy (non-hydrogen) atoms. The first-order valence-electron chi connectivity index (χ1n) is 5.37. The topological polar surface area (TPSA) is 30.7 Å². The van der Waals surface area contributed by atoms with Crippen LogP contribution in [-0.2, 0) is 7.05 Å². The van der Waals surface area contributed by atoms with E-state index in [4.69, 9.17) is 11.6 Å². The minimum atomic E-state index is -0.542. The zero-order valence-corrected chi connectivity index (χ0v) is 10.3. The molecule has 5 heteroatoms. The van der Waals surface area contributed by atoms with Crippen molar-refractivity contribution in [2.24, 2.45) is 7.05 Å². The predicted octanol–water partition coefficient (Wildman–Crippen LogP) is 3.43. The molecule has 1 aromatic carbocycles. The van der Waals surface area contributed by atoms with Crippen LogP contribution in [-0.4, -0.2) is 14.5 Å². The lowest BCUT2D eigenvalue weighted by atomic mass is 10.1. The van der Waals surface area contributed by atoms with Crippen LogP contribution < -0.4 is 0 Å². The summed E-state index contributed by atoms with van der Waals surface area (Å²) in [6.45, 7) is 0. The van der Waals surface area contributed by atoms with E-state index in [1.54, 1.807) is 6.33 Å². The summed E-state index contributed by atoms with van der Waals surface area (Å²) < 4.78 is 15.1. The first-order valence-corrected chi connectivity index (χ1v) is 5.75. The van der Waals surface area contributed by atoms with Crippen molar-refractivity contribution in [2.45, 2.75) is 0 Å². The molecule has 0 aliphatic carbocycles. The SMILES string of the molecule is Cn1cnc2ccc(-c3cc(F)ncc3Cl)cc21. The Labute approximate surface area is 108 Å². The number of benzene rings is 1. The highest BCUT2D eigenvalue weighted by Crippen LogP contribution is 2.29. The Morgan fingerprint density at radius 1 is 1.22 bits per heavy atom. The number of aryl methyl sites for hydroxylation is 1. The molecular formula is C13H9ClFN3. The number of rotatable bonds is 1. The van der Waals surface area contributed by atoms with Crippen LogP contribution in [0.5, 0.6) is 0 Å². The number of nitrogens with zero attached hydrogens (tertiary/aromatic N) is 3. The summed E-state index contributed by atoms with van der Waals surface area (Å²) in [6, 6.07) is 7.03. The van der Waals surface area contributed by atoms with E-state index in [9.17, 15) is 4.39 Å². The highest BCUT2D eigenvalue weighted by atomic mass is 35.5. The molecule has 3 rings (SSSR count). The minimum absolute atomic E-state index is 0.429. The van der Waals surface area contributed by atoms with E-state index in [-0.39, 0.29) is 0 Å². The number of aromatic nitrogens is 3. The number of hydrogen-bond acceptors (Lipinski definition) is 2. The lowest BCUT2D eigenvalue weighted by Gasteiger charge is -2.05. The second-order valence-electron chi connectivity index (χ2n) is 4.05. The summed E-state index contributed by atoms with van der Waals surface area (Å²) in [7, 11) is 1.91. The van der Waals surface area contributed by atoms with Gasteiger partial charge in [0.2, 0.25) is 5.95 Å². The molecule has 0 saturated heterocycles. The molecule has 0 bridgehead atoms. The normalized spacial score (nSPS) is 11.1. The second kappa shape index (κ2) is 4.07. The smallest absolute Gasteiger partial charge is 0.213 e. The number of hydrogen-bond donors (Lipinski definition) is 0. The van der Waals surface area contributed by atoms with Crippen LogP contribution in [0.4, 0.5) is 4.39 Å². The molecule has 3 aromatic rings. The molecule has 3 nitrogen and oxygen atoms in total. The Morgan fingerprint density at radius 3 is 2.89 bits per heavy atom. The van der Waals surface area contributed by atoms with Crippen molar-refractivity contribution in [2.75, 3.05) is 0 Å². The van der Waals surface area contributed by atoms with E-state index < -0.39 is 5.95 Å². The summed E-state index contributed by atoms with van der Waals surface area (Å²) in [5.74, 6) is -0.542. The Balaban J connectivity index is 2.24. The van der Waals surface area contributed by atoms with Gasteiger partial charge in [0.1, 0.15) is 0 Å². The van der Waals surface area contributed by atoms with Gasteiger partial charge in [-0.05, 0) is 17.7 Å². The summed E-state index contributed by atoms with van der Waals surface area (Å²) >= 11 is 6.04. The Morgan fingerprint density at radius 2 is 2.06 bits per heavy atom. The molecule has 0 aliphatic heterocycles. The average Bonchev–Trinajstić information content (AvgIpc) is 2.74. The minimum Gasteiger partial charge on any atom is -0.334 e. The summed E-state index contributed by atoms with van der Waals surface area (Å²) in [5.41, 5.74) is 3.34. The van der Waals surface area contributed by atoms with Gasteiger partial charge in [0.25, 0.3) is 0 Å². The van der Waals surface area contributed by atoms with E-state index in [1.807, 2.05) is 29.8 Å². The molecular weight excluding hydrogens is 253 g/mol. The van der Waals surface area contributed by atoms with Crippen molar-refractivity contribution in [1.82, 2.24) is 14.5 Å². The average molecular weight is 262 g/mol. The maximum atomic E-state index is 13.2. The van der Waals surface area contributed by atoms with Crippen LogP contribution >= 0.6 is 11.6 Å². The van der Waals surface area contributed by atoms with Gasteiger partial charge in [-0.2, -0.15) is 4.39 Å². The van der Waals surface area contributed by atoms with Gasteiger partial charge in [0, 0.05) is 24.9 Å².